The highest BCUT2D eigenvalue weighted by Crippen LogP contribution is 2.36. The first-order valence-electron chi connectivity index (χ1n) is 5.59. The van der Waals surface area contributed by atoms with Crippen molar-refractivity contribution < 1.29 is 9.22 Å². The Labute approximate surface area is 94.5 Å². The molecule has 0 radical (unpaired) electrons. The Balaban J connectivity index is 3.72. The number of amides is 1. The molecule has 0 aromatic carbocycles. The van der Waals surface area contributed by atoms with Gasteiger partial charge in [0.2, 0.25) is 5.91 Å². The summed E-state index contributed by atoms with van der Waals surface area (Å²) >= 11 is 0. The second-order valence-corrected chi connectivity index (χ2v) is 10.3. The van der Waals surface area contributed by atoms with Crippen molar-refractivity contribution in [2.24, 2.45) is 5.73 Å². The van der Waals surface area contributed by atoms with E-state index in [0.29, 0.717) is 6.42 Å². The summed E-state index contributed by atoms with van der Waals surface area (Å²) in [5, 5.41) is 0.261. The Morgan fingerprint density at radius 3 is 2.20 bits per heavy atom. The fourth-order valence-corrected chi connectivity index (χ4v) is 2.03. The summed E-state index contributed by atoms with van der Waals surface area (Å²) in [6.07, 6.45) is 2.24. The van der Waals surface area contributed by atoms with Gasteiger partial charge in [-0.15, -0.1) is 0 Å². The maximum Gasteiger partial charge on any atom is 0.217 e. The number of carbonyl (C=O) groups excluding carboxylic acids is 1. The summed E-state index contributed by atoms with van der Waals surface area (Å²) in [4.78, 5) is 10.5. The molecule has 4 heteroatoms. The highest BCUT2D eigenvalue weighted by molar-refractivity contribution is 6.74. The van der Waals surface area contributed by atoms with Crippen LogP contribution in [0.2, 0.25) is 18.1 Å². The molecule has 1 amide bonds. The van der Waals surface area contributed by atoms with Gasteiger partial charge in [0.05, 0.1) is 0 Å². The molecule has 15 heavy (non-hydrogen) atoms. The van der Waals surface area contributed by atoms with Crippen molar-refractivity contribution in [3.63, 3.8) is 0 Å². The Hall–Kier alpha value is -0.353. The third-order valence-electron chi connectivity index (χ3n) is 3.09. The topological polar surface area (TPSA) is 52.3 Å². The first-order chi connectivity index (χ1) is 6.67. The zero-order valence-electron chi connectivity index (χ0n) is 10.7. The average Bonchev–Trinajstić information content (AvgIpc) is 2.00. The van der Waals surface area contributed by atoms with E-state index in [4.69, 9.17) is 10.2 Å². The molecule has 3 nitrogen and oxygen atoms in total. The van der Waals surface area contributed by atoms with Gasteiger partial charge in [0.1, 0.15) is 0 Å². The van der Waals surface area contributed by atoms with E-state index in [9.17, 15) is 4.79 Å². The maximum atomic E-state index is 10.5. The number of hydrogen-bond donors (Lipinski definition) is 1. The zero-order chi connectivity index (χ0) is 12.1. The summed E-state index contributed by atoms with van der Waals surface area (Å²) in [7, 11) is -1.60. The number of carbonyl (C=O) groups is 1. The zero-order valence-corrected chi connectivity index (χ0v) is 11.7. The molecular weight excluding hydrogens is 206 g/mol. The van der Waals surface area contributed by atoms with Crippen LogP contribution in [0.5, 0.6) is 0 Å². The molecule has 0 heterocycles. The second kappa shape index (κ2) is 5.65. The molecule has 0 atom stereocenters. The van der Waals surface area contributed by atoms with E-state index < -0.39 is 8.32 Å². The van der Waals surface area contributed by atoms with E-state index in [2.05, 4.69) is 33.9 Å². The first kappa shape index (κ1) is 14.6. The van der Waals surface area contributed by atoms with E-state index in [0.717, 1.165) is 19.4 Å². The van der Waals surface area contributed by atoms with Crippen LogP contribution in [0.25, 0.3) is 0 Å². The lowest BCUT2D eigenvalue weighted by atomic mass is 10.2. The maximum absolute atomic E-state index is 10.5. The SMILES string of the molecule is CC(C)(C)[Si](C)(C)OCCCCC(N)=O. The average molecular weight is 231 g/mol. The van der Waals surface area contributed by atoms with Crippen LogP contribution < -0.4 is 5.73 Å². The second-order valence-electron chi connectivity index (χ2n) is 5.53. The molecule has 0 aliphatic heterocycles. The minimum atomic E-state index is -1.60. The first-order valence-corrected chi connectivity index (χ1v) is 8.50. The van der Waals surface area contributed by atoms with Gasteiger partial charge in [-0.05, 0) is 31.0 Å². The van der Waals surface area contributed by atoms with Crippen molar-refractivity contribution >= 4 is 14.2 Å². The van der Waals surface area contributed by atoms with Gasteiger partial charge in [0.25, 0.3) is 0 Å². The van der Waals surface area contributed by atoms with Crippen LogP contribution in [0.1, 0.15) is 40.0 Å². The number of nitrogens with two attached hydrogens (primary N) is 1. The van der Waals surface area contributed by atoms with Crippen LogP contribution in [-0.4, -0.2) is 20.8 Å². The highest BCUT2D eigenvalue weighted by atomic mass is 28.4. The van der Waals surface area contributed by atoms with Crippen LogP contribution in [0.3, 0.4) is 0 Å². The molecule has 0 saturated carbocycles. The van der Waals surface area contributed by atoms with Gasteiger partial charge < -0.3 is 10.2 Å². The number of hydrogen-bond acceptors (Lipinski definition) is 2. The normalized spacial score (nSPS) is 12.9. The van der Waals surface area contributed by atoms with Gasteiger partial charge in [-0.1, -0.05) is 20.8 Å². The fraction of sp³-hybridized carbons (Fsp3) is 0.909. The highest BCUT2D eigenvalue weighted by Gasteiger charge is 2.36. The van der Waals surface area contributed by atoms with Gasteiger partial charge >= 0.3 is 0 Å². The Morgan fingerprint density at radius 1 is 1.27 bits per heavy atom. The van der Waals surface area contributed by atoms with E-state index in [1.807, 2.05) is 0 Å². The quantitative estimate of drug-likeness (QED) is 0.564. The number of rotatable bonds is 6. The Morgan fingerprint density at radius 2 is 1.80 bits per heavy atom. The smallest absolute Gasteiger partial charge is 0.217 e. The predicted octanol–water partition coefficient (Wildman–Crippen LogP) is 2.66. The van der Waals surface area contributed by atoms with Crippen molar-refractivity contribution in [2.75, 3.05) is 6.61 Å². The molecule has 0 fully saturated rings. The van der Waals surface area contributed by atoms with Crippen LogP contribution in [0.4, 0.5) is 0 Å². The van der Waals surface area contributed by atoms with Crippen LogP contribution in [-0.2, 0) is 9.22 Å². The molecule has 0 aromatic heterocycles. The van der Waals surface area contributed by atoms with Crippen molar-refractivity contribution in [2.45, 2.75) is 58.2 Å². The molecule has 0 bridgehead atoms. The van der Waals surface area contributed by atoms with Crippen LogP contribution >= 0.6 is 0 Å². The molecule has 0 aliphatic carbocycles. The molecule has 0 saturated heterocycles. The van der Waals surface area contributed by atoms with Crippen molar-refractivity contribution in [1.82, 2.24) is 0 Å². The molecule has 0 spiro atoms. The van der Waals surface area contributed by atoms with Crippen LogP contribution in [0, 0.1) is 0 Å². The predicted molar refractivity (Wildman–Crippen MR) is 66.2 cm³/mol. The minimum absolute atomic E-state index is 0.220. The molecular formula is C11H25NO2Si. The van der Waals surface area contributed by atoms with Crippen molar-refractivity contribution in [1.29, 1.82) is 0 Å². The monoisotopic (exact) mass is 231 g/mol. The van der Waals surface area contributed by atoms with Crippen molar-refractivity contribution in [3.05, 3.63) is 0 Å². The number of unbranched alkanes of at least 4 members (excludes halogenated alkanes) is 1. The molecule has 0 unspecified atom stereocenters. The lowest BCUT2D eigenvalue weighted by Crippen LogP contribution is -2.40. The summed E-state index contributed by atoms with van der Waals surface area (Å²) < 4.78 is 5.96. The molecule has 2 N–H and O–H groups in total. The lowest BCUT2D eigenvalue weighted by molar-refractivity contribution is -0.118. The minimum Gasteiger partial charge on any atom is -0.417 e. The summed E-state index contributed by atoms with van der Waals surface area (Å²) in [6, 6.07) is 0. The Kier molecular flexibility index (Phi) is 5.52. The van der Waals surface area contributed by atoms with Crippen LogP contribution in [0.15, 0.2) is 0 Å². The van der Waals surface area contributed by atoms with E-state index in [1.54, 1.807) is 0 Å². The van der Waals surface area contributed by atoms with E-state index >= 15 is 0 Å². The number of primary amides is 1. The lowest BCUT2D eigenvalue weighted by Gasteiger charge is -2.36. The van der Waals surface area contributed by atoms with E-state index in [-0.39, 0.29) is 10.9 Å². The Bertz CT molecular complexity index is 209. The van der Waals surface area contributed by atoms with Gasteiger partial charge in [-0.3, -0.25) is 4.79 Å². The molecule has 0 aliphatic rings. The van der Waals surface area contributed by atoms with Gasteiger partial charge in [-0.2, -0.15) is 0 Å². The summed E-state index contributed by atoms with van der Waals surface area (Å²) in [6.45, 7) is 11.9. The van der Waals surface area contributed by atoms with Gasteiger partial charge in [0.15, 0.2) is 8.32 Å². The molecule has 0 aromatic rings. The summed E-state index contributed by atoms with van der Waals surface area (Å²) in [5.41, 5.74) is 5.06. The van der Waals surface area contributed by atoms with Gasteiger partial charge in [0, 0.05) is 13.0 Å². The van der Waals surface area contributed by atoms with Crippen molar-refractivity contribution in [3.8, 4) is 0 Å². The fourth-order valence-electron chi connectivity index (χ4n) is 0.945. The third-order valence-corrected chi connectivity index (χ3v) is 7.62. The largest absolute Gasteiger partial charge is 0.417 e. The van der Waals surface area contributed by atoms with E-state index in [1.165, 1.54) is 0 Å². The molecule has 0 rings (SSSR count). The standard InChI is InChI=1S/C11H25NO2Si/c1-11(2,3)15(4,5)14-9-7-6-8-10(12)13/h6-9H2,1-5H3,(H2,12,13). The third kappa shape index (κ3) is 5.94. The van der Waals surface area contributed by atoms with Gasteiger partial charge in [-0.25, -0.2) is 0 Å². The molecule has 90 valence electrons. The summed E-state index contributed by atoms with van der Waals surface area (Å²) in [5.74, 6) is -0.220.